The van der Waals surface area contributed by atoms with Crippen molar-refractivity contribution in [3.05, 3.63) is 29.3 Å². The second-order valence-corrected chi connectivity index (χ2v) is 6.32. The molecule has 1 aromatic rings. The monoisotopic (exact) mass is 318 g/mol. The summed E-state index contributed by atoms with van der Waals surface area (Å²) in [5, 5.41) is 10.1. The first-order valence-corrected chi connectivity index (χ1v) is 7.59. The molecule has 0 heterocycles. The highest BCUT2D eigenvalue weighted by atomic mass is 19.4. The van der Waals surface area contributed by atoms with Crippen molar-refractivity contribution in [2.75, 3.05) is 6.61 Å². The van der Waals surface area contributed by atoms with Crippen LogP contribution < -0.4 is 4.74 Å². The van der Waals surface area contributed by atoms with E-state index in [4.69, 9.17) is 4.74 Å². The number of alkyl halides is 3. The van der Waals surface area contributed by atoms with Gasteiger partial charge in [-0.25, -0.2) is 0 Å². The molecule has 1 aromatic carbocycles. The van der Waals surface area contributed by atoms with E-state index in [0.29, 0.717) is 23.8 Å². The fraction of sp³-hybridized carbons (Fsp3) is 0.647. The quantitative estimate of drug-likeness (QED) is 0.799. The lowest BCUT2D eigenvalue weighted by atomic mass is 9.87. The molecule has 0 spiro atoms. The summed E-state index contributed by atoms with van der Waals surface area (Å²) in [6.07, 6.45) is -5.14. The maximum atomic E-state index is 13.2. The molecule has 22 heavy (non-hydrogen) atoms. The Hall–Kier alpha value is -1.23. The van der Waals surface area contributed by atoms with Crippen LogP contribution >= 0.6 is 0 Å². The number of halogens is 3. The zero-order chi connectivity index (χ0) is 17.1. The van der Waals surface area contributed by atoms with Crippen LogP contribution in [0, 0.1) is 5.92 Å². The highest BCUT2D eigenvalue weighted by Gasteiger charge is 2.53. The third kappa shape index (κ3) is 3.94. The average Bonchev–Trinajstić information content (AvgIpc) is 2.42. The molecule has 0 aliphatic rings. The Balaban J connectivity index is 3.28. The van der Waals surface area contributed by atoms with Crippen LogP contribution in [0.3, 0.4) is 0 Å². The molecule has 5 heteroatoms. The molecule has 2 nitrogen and oxygen atoms in total. The fourth-order valence-electron chi connectivity index (χ4n) is 2.21. The minimum atomic E-state index is -4.71. The number of rotatable bonds is 6. The van der Waals surface area contributed by atoms with E-state index >= 15 is 0 Å². The third-order valence-corrected chi connectivity index (χ3v) is 3.66. The maximum Gasteiger partial charge on any atom is 0.421 e. The van der Waals surface area contributed by atoms with Gasteiger partial charge in [-0.05, 0) is 41.5 Å². The standard InChI is InChI=1S/C17H25F3O2/c1-6-16(21,17(18,19)20)13-7-8-15(22-10-11(2)3)14(9-13)12(4)5/h7-9,11-12,21H,6,10H2,1-5H3. The van der Waals surface area contributed by atoms with Gasteiger partial charge in [-0.2, -0.15) is 13.2 Å². The summed E-state index contributed by atoms with van der Waals surface area (Å²) >= 11 is 0. The SMILES string of the molecule is CCC(O)(c1ccc(OCC(C)C)c(C(C)C)c1)C(F)(F)F. The van der Waals surface area contributed by atoms with Crippen LogP contribution in [0.5, 0.6) is 5.75 Å². The van der Waals surface area contributed by atoms with E-state index in [1.54, 1.807) is 0 Å². The summed E-state index contributed by atoms with van der Waals surface area (Å²) < 4.78 is 45.3. The van der Waals surface area contributed by atoms with Crippen molar-refractivity contribution in [2.24, 2.45) is 5.92 Å². The van der Waals surface area contributed by atoms with E-state index in [9.17, 15) is 18.3 Å². The van der Waals surface area contributed by atoms with Gasteiger partial charge >= 0.3 is 6.18 Å². The molecule has 1 N–H and O–H groups in total. The van der Waals surface area contributed by atoms with E-state index in [0.717, 1.165) is 0 Å². The van der Waals surface area contributed by atoms with Gasteiger partial charge in [0.25, 0.3) is 0 Å². The first-order valence-electron chi connectivity index (χ1n) is 7.59. The van der Waals surface area contributed by atoms with Gasteiger partial charge in [-0.15, -0.1) is 0 Å². The minimum Gasteiger partial charge on any atom is -0.493 e. The van der Waals surface area contributed by atoms with Crippen LogP contribution in [0.1, 0.15) is 58.1 Å². The van der Waals surface area contributed by atoms with E-state index in [2.05, 4.69) is 0 Å². The minimum absolute atomic E-state index is 0.00329. The van der Waals surface area contributed by atoms with Gasteiger partial charge in [-0.3, -0.25) is 0 Å². The van der Waals surface area contributed by atoms with Gasteiger partial charge in [0.15, 0.2) is 5.60 Å². The van der Waals surface area contributed by atoms with Gasteiger partial charge in [-0.1, -0.05) is 40.7 Å². The zero-order valence-corrected chi connectivity index (χ0v) is 13.8. The summed E-state index contributed by atoms with van der Waals surface area (Å²) in [4.78, 5) is 0. The molecular formula is C17H25F3O2. The first-order chi connectivity index (χ1) is 10.0. The number of hydrogen-bond donors (Lipinski definition) is 1. The summed E-state index contributed by atoms with van der Waals surface area (Å²) in [7, 11) is 0. The molecule has 0 amide bonds. The smallest absolute Gasteiger partial charge is 0.421 e. The lowest BCUT2D eigenvalue weighted by Crippen LogP contribution is -2.41. The molecular weight excluding hydrogens is 293 g/mol. The summed E-state index contributed by atoms with van der Waals surface area (Å²) in [5.74, 6) is 0.895. The fourth-order valence-corrected chi connectivity index (χ4v) is 2.21. The van der Waals surface area contributed by atoms with Gasteiger partial charge < -0.3 is 9.84 Å². The van der Waals surface area contributed by atoms with Crippen LogP contribution in [0.4, 0.5) is 13.2 Å². The lowest BCUT2D eigenvalue weighted by molar-refractivity contribution is -0.267. The molecule has 1 atom stereocenters. The van der Waals surface area contributed by atoms with Crippen molar-refractivity contribution in [1.82, 2.24) is 0 Å². The topological polar surface area (TPSA) is 29.5 Å². The second-order valence-electron chi connectivity index (χ2n) is 6.32. The lowest BCUT2D eigenvalue weighted by Gasteiger charge is -2.31. The molecule has 0 saturated carbocycles. The van der Waals surface area contributed by atoms with Gasteiger partial charge in [0.05, 0.1) is 6.61 Å². The highest BCUT2D eigenvalue weighted by Crippen LogP contribution is 2.43. The average molecular weight is 318 g/mol. The molecule has 0 saturated heterocycles. The van der Waals surface area contributed by atoms with E-state index in [-0.39, 0.29) is 11.5 Å². The zero-order valence-electron chi connectivity index (χ0n) is 13.8. The molecule has 0 aliphatic heterocycles. The predicted octanol–water partition coefficient (Wildman–Crippen LogP) is 5.00. The van der Waals surface area contributed by atoms with Gasteiger partial charge in [0.1, 0.15) is 5.75 Å². The van der Waals surface area contributed by atoms with Gasteiger partial charge in [0.2, 0.25) is 0 Å². The van der Waals surface area contributed by atoms with Crippen molar-refractivity contribution in [2.45, 2.75) is 58.7 Å². The normalized spacial score (nSPS) is 15.2. The maximum absolute atomic E-state index is 13.2. The largest absolute Gasteiger partial charge is 0.493 e. The summed E-state index contributed by atoms with van der Waals surface area (Å²) in [6, 6.07) is 4.25. The highest BCUT2D eigenvalue weighted by molar-refractivity contribution is 5.41. The first kappa shape index (κ1) is 18.8. The Morgan fingerprint density at radius 3 is 2.14 bits per heavy atom. The molecule has 0 aliphatic carbocycles. The molecule has 1 unspecified atom stereocenters. The predicted molar refractivity (Wildman–Crippen MR) is 81.1 cm³/mol. The molecule has 126 valence electrons. The number of hydrogen-bond acceptors (Lipinski definition) is 2. The number of aliphatic hydroxyl groups is 1. The van der Waals surface area contributed by atoms with Crippen LogP contribution in [0.2, 0.25) is 0 Å². The Labute approximate surface area is 130 Å². The van der Waals surface area contributed by atoms with Crippen LogP contribution in [0.25, 0.3) is 0 Å². The van der Waals surface area contributed by atoms with Crippen molar-refractivity contribution < 1.29 is 23.0 Å². The van der Waals surface area contributed by atoms with Crippen LogP contribution in [-0.2, 0) is 5.60 Å². The van der Waals surface area contributed by atoms with E-state index in [1.807, 2.05) is 27.7 Å². The van der Waals surface area contributed by atoms with Crippen LogP contribution in [0.15, 0.2) is 18.2 Å². The van der Waals surface area contributed by atoms with Crippen LogP contribution in [-0.4, -0.2) is 17.9 Å². The summed E-state index contributed by atoms with van der Waals surface area (Å²) in [6.45, 7) is 9.60. The van der Waals surface area contributed by atoms with Gasteiger partial charge in [0, 0.05) is 0 Å². The Kier molecular flexibility index (Phi) is 5.90. The molecule has 0 aromatic heterocycles. The Morgan fingerprint density at radius 1 is 1.14 bits per heavy atom. The molecule has 1 rings (SSSR count). The van der Waals surface area contributed by atoms with Crippen molar-refractivity contribution >= 4 is 0 Å². The van der Waals surface area contributed by atoms with E-state index in [1.165, 1.54) is 25.1 Å². The molecule has 0 bridgehead atoms. The Bertz CT molecular complexity index is 495. The number of benzene rings is 1. The second kappa shape index (κ2) is 6.90. The molecule has 0 radical (unpaired) electrons. The molecule has 0 fully saturated rings. The summed E-state index contributed by atoms with van der Waals surface area (Å²) in [5.41, 5.74) is -2.29. The third-order valence-electron chi connectivity index (χ3n) is 3.66. The Morgan fingerprint density at radius 2 is 1.73 bits per heavy atom. The van der Waals surface area contributed by atoms with Crippen molar-refractivity contribution in [3.63, 3.8) is 0 Å². The number of ether oxygens (including phenoxy) is 1. The van der Waals surface area contributed by atoms with E-state index < -0.39 is 18.2 Å². The van der Waals surface area contributed by atoms with Crippen molar-refractivity contribution in [1.29, 1.82) is 0 Å². The van der Waals surface area contributed by atoms with Crippen molar-refractivity contribution in [3.8, 4) is 5.75 Å².